The number of sulfonamides is 1. The van der Waals surface area contributed by atoms with E-state index >= 15 is 0 Å². The zero-order valence-corrected chi connectivity index (χ0v) is 19.1. The number of anilines is 1. The topological polar surface area (TPSA) is 66.5 Å². The maximum absolute atomic E-state index is 13.2. The molecule has 3 aromatic carbocycles. The van der Waals surface area contributed by atoms with Crippen molar-refractivity contribution in [2.24, 2.45) is 0 Å². The van der Waals surface area contributed by atoms with Gasteiger partial charge in [0.05, 0.1) is 16.1 Å². The smallest absolute Gasteiger partial charge is 0.264 e. The highest BCUT2D eigenvalue weighted by Gasteiger charge is 2.27. The van der Waals surface area contributed by atoms with Crippen molar-refractivity contribution in [2.75, 3.05) is 11.4 Å². The number of amides is 1. The lowest BCUT2D eigenvalue weighted by atomic mass is 9.94. The first-order valence-corrected chi connectivity index (χ1v) is 11.6. The van der Waals surface area contributed by atoms with Crippen LogP contribution >= 0.6 is 0 Å². The van der Waals surface area contributed by atoms with Gasteiger partial charge in [-0.25, -0.2) is 8.42 Å². The molecular weight excluding hydrogens is 408 g/mol. The normalized spacial score (nSPS) is 11.7. The van der Waals surface area contributed by atoms with Gasteiger partial charge in [0, 0.05) is 12.6 Å². The second kappa shape index (κ2) is 8.94. The molecule has 0 saturated heterocycles. The van der Waals surface area contributed by atoms with Crippen molar-refractivity contribution < 1.29 is 13.2 Å². The summed E-state index contributed by atoms with van der Waals surface area (Å²) >= 11 is 0. The van der Waals surface area contributed by atoms with Crippen molar-refractivity contribution in [3.8, 4) is 0 Å². The van der Waals surface area contributed by atoms with Crippen molar-refractivity contribution in [1.82, 2.24) is 5.32 Å². The van der Waals surface area contributed by atoms with Crippen LogP contribution in [0.1, 0.15) is 35.3 Å². The van der Waals surface area contributed by atoms with Crippen molar-refractivity contribution in [1.29, 1.82) is 0 Å². The van der Waals surface area contributed by atoms with Crippen molar-refractivity contribution in [3.05, 3.63) is 95.6 Å². The first-order valence-electron chi connectivity index (χ1n) is 10.1. The Kier molecular flexibility index (Phi) is 6.51. The Morgan fingerprint density at radius 2 is 1.48 bits per heavy atom. The Morgan fingerprint density at radius 1 is 0.903 bits per heavy atom. The minimum atomic E-state index is -3.80. The molecule has 162 valence electrons. The summed E-state index contributed by atoms with van der Waals surface area (Å²) in [6.07, 6.45) is 0.652. The van der Waals surface area contributed by atoms with Crippen LogP contribution in [0, 0.1) is 6.92 Å². The fraction of sp³-hybridized carbons (Fsp3) is 0.240. The molecule has 0 aliphatic heterocycles. The molecule has 0 fully saturated rings. The minimum absolute atomic E-state index is 0.181. The zero-order chi connectivity index (χ0) is 22.6. The number of benzene rings is 3. The zero-order valence-electron chi connectivity index (χ0n) is 18.3. The summed E-state index contributed by atoms with van der Waals surface area (Å²) in [5.74, 6) is -0.317. The average molecular weight is 437 g/mol. The number of hydrogen-bond acceptors (Lipinski definition) is 3. The van der Waals surface area contributed by atoms with Crippen LogP contribution in [0.2, 0.25) is 0 Å². The lowest BCUT2D eigenvalue weighted by Gasteiger charge is -2.28. The molecule has 0 heterocycles. The van der Waals surface area contributed by atoms with Crippen molar-refractivity contribution >= 4 is 21.6 Å². The first kappa shape index (κ1) is 22.6. The van der Waals surface area contributed by atoms with E-state index in [4.69, 9.17) is 0 Å². The predicted octanol–water partition coefficient (Wildman–Crippen LogP) is 4.57. The molecule has 31 heavy (non-hydrogen) atoms. The van der Waals surface area contributed by atoms with E-state index < -0.39 is 15.6 Å². The van der Waals surface area contributed by atoms with E-state index in [2.05, 4.69) is 5.32 Å². The Bertz CT molecular complexity index is 1150. The molecule has 0 aliphatic carbocycles. The van der Waals surface area contributed by atoms with E-state index in [9.17, 15) is 13.2 Å². The van der Waals surface area contributed by atoms with Gasteiger partial charge in [0.1, 0.15) is 0 Å². The van der Waals surface area contributed by atoms with Crippen LogP contribution in [0.4, 0.5) is 5.69 Å². The summed E-state index contributed by atoms with van der Waals surface area (Å²) in [7, 11) is -2.34. The van der Waals surface area contributed by atoms with Gasteiger partial charge in [-0.2, -0.15) is 0 Å². The summed E-state index contributed by atoms with van der Waals surface area (Å²) in [6.45, 7) is 5.80. The Morgan fingerprint density at radius 3 is 2.13 bits per heavy atom. The van der Waals surface area contributed by atoms with E-state index in [1.807, 2.05) is 51.1 Å². The number of rotatable bonds is 7. The van der Waals surface area contributed by atoms with Crippen molar-refractivity contribution in [2.45, 2.75) is 37.6 Å². The van der Waals surface area contributed by atoms with E-state index in [0.717, 1.165) is 15.4 Å². The van der Waals surface area contributed by atoms with Gasteiger partial charge < -0.3 is 5.32 Å². The van der Waals surface area contributed by atoms with Gasteiger partial charge in [-0.15, -0.1) is 0 Å². The van der Waals surface area contributed by atoms with Crippen LogP contribution in [0.25, 0.3) is 0 Å². The van der Waals surface area contributed by atoms with Gasteiger partial charge in [-0.3, -0.25) is 9.10 Å². The van der Waals surface area contributed by atoms with E-state index in [-0.39, 0.29) is 10.8 Å². The summed E-state index contributed by atoms with van der Waals surface area (Å²) in [6, 6.07) is 23.3. The summed E-state index contributed by atoms with van der Waals surface area (Å²) < 4.78 is 27.4. The SMILES string of the molecule is Cc1ccc(S(=O)(=O)N(C)c2ccccc2C(=O)NC(C)(C)Cc2ccccc2)cc1. The highest BCUT2D eigenvalue weighted by atomic mass is 32.2. The lowest BCUT2D eigenvalue weighted by molar-refractivity contribution is 0.0913. The van der Waals surface area contributed by atoms with Crippen LogP contribution in [0.5, 0.6) is 0 Å². The highest BCUT2D eigenvalue weighted by Crippen LogP contribution is 2.26. The Labute approximate surface area is 184 Å². The molecule has 6 heteroatoms. The molecular formula is C25H28N2O3S. The molecule has 0 bridgehead atoms. The maximum Gasteiger partial charge on any atom is 0.264 e. The quantitative estimate of drug-likeness (QED) is 0.590. The monoisotopic (exact) mass is 436 g/mol. The summed E-state index contributed by atoms with van der Waals surface area (Å²) in [5, 5.41) is 3.05. The predicted molar refractivity (Wildman–Crippen MR) is 125 cm³/mol. The van der Waals surface area contributed by atoms with Gasteiger partial charge in [0.15, 0.2) is 0 Å². The molecule has 3 rings (SSSR count). The number of para-hydroxylation sites is 1. The fourth-order valence-corrected chi connectivity index (χ4v) is 4.68. The van der Waals surface area contributed by atoms with Gasteiger partial charge in [-0.05, 0) is 57.0 Å². The third-order valence-corrected chi connectivity index (χ3v) is 6.89. The summed E-state index contributed by atoms with van der Waals surface area (Å²) in [4.78, 5) is 13.3. The molecule has 3 aromatic rings. The Balaban J connectivity index is 1.87. The van der Waals surface area contributed by atoms with Gasteiger partial charge in [0.2, 0.25) is 0 Å². The number of hydrogen-bond donors (Lipinski definition) is 1. The third kappa shape index (κ3) is 5.33. The van der Waals surface area contributed by atoms with E-state index in [1.54, 1.807) is 48.5 Å². The molecule has 0 aliphatic rings. The largest absolute Gasteiger partial charge is 0.347 e. The number of nitrogens with one attached hydrogen (secondary N) is 1. The second-order valence-electron chi connectivity index (χ2n) is 8.30. The molecule has 5 nitrogen and oxygen atoms in total. The first-order chi connectivity index (χ1) is 14.6. The van der Waals surface area contributed by atoms with E-state index in [1.165, 1.54) is 7.05 Å². The Hall–Kier alpha value is -3.12. The van der Waals surface area contributed by atoms with Crippen LogP contribution in [0.3, 0.4) is 0 Å². The molecule has 0 aromatic heterocycles. The van der Waals surface area contributed by atoms with Crippen molar-refractivity contribution in [3.63, 3.8) is 0 Å². The molecule has 0 radical (unpaired) electrons. The van der Waals surface area contributed by atoms with E-state index in [0.29, 0.717) is 17.7 Å². The third-order valence-electron chi connectivity index (χ3n) is 5.11. The molecule has 1 amide bonds. The molecule has 1 N–H and O–H groups in total. The second-order valence-corrected chi connectivity index (χ2v) is 10.3. The average Bonchev–Trinajstić information content (AvgIpc) is 2.73. The van der Waals surface area contributed by atoms with Crippen LogP contribution < -0.4 is 9.62 Å². The van der Waals surface area contributed by atoms with Crippen LogP contribution in [-0.4, -0.2) is 26.9 Å². The lowest BCUT2D eigenvalue weighted by Crippen LogP contribution is -2.45. The standard InChI is InChI=1S/C25H28N2O3S/c1-19-14-16-21(17-15-19)31(29,30)27(4)23-13-9-8-12-22(23)24(28)26-25(2,3)18-20-10-6-5-7-11-20/h5-17H,18H2,1-4H3,(H,26,28). The number of aryl methyl sites for hydroxylation is 1. The fourth-order valence-electron chi connectivity index (χ4n) is 3.46. The van der Waals surface area contributed by atoms with Crippen LogP contribution in [0.15, 0.2) is 83.8 Å². The number of carbonyl (C=O) groups is 1. The number of nitrogens with zero attached hydrogens (tertiary/aromatic N) is 1. The maximum atomic E-state index is 13.2. The van der Waals surface area contributed by atoms with Crippen LogP contribution in [-0.2, 0) is 16.4 Å². The van der Waals surface area contributed by atoms with Gasteiger partial charge in [0.25, 0.3) is 15.9 Å². The molecule has 0 atom stereocenters. The number of carbonyl (C=O) groups excluding carboxylic acids is 1. The minimum Gasteiger partial charge on any atom is -0.347 e. The molecule has 0 spiro atoms. The van der Waals surface area contributed by atoms with Gasteiger partial charge in [-0.1, -0.05) is 60.2 Å². The highest BCUT2D eigenvalue weighted by molar-refractivity contribution is 7.92. The molecule has 0 unspecified atom stereocenters. The van der Waals surface area contributed by atoms with Gasteiger partial charge >= 0.3 is 0 Å². The molecule has 0 saturated carbocycles. The summed E-state index contributed by atoms with van der Waals surface area (Å²) in [5.41, 5.74) is 2.21.